The fourth-order valence-electron chi connectivity index (χ4n) is 3.24. The third-order valence-electron chi connectivity index (χ3n) is 4.73. The quantitative estimate of drug-likeness (QED) is 0.853. The minimum Gasteiger partial charge on any atom is -0.464 e. The molecule has 3 atom stereocenters. The second kappa shape index (κ2) is 6.46. The number of hydrogen-bond donors (Lipinski definition) is 1. The van der Waals surface area contributed by atoms with E-state index in [1.165, 1.54) is 6.07 Å². The second-order valence-electron chi connectivity index (χ2n) is 5.95. The first-order valence-corrected chi connectivity index (χ1v) is 7.71. The van der Waals surface area contributed by atoms with Gasteiger partial charge in [-0.05, 0) is 37.3 Å². The van der Waals surface area contributed by atoms with Gasteiger partial charge >= 0.3 is 5.97 Å². The molecule has 21 heavy (non-hydrogen) atoms. The number of ether oxygens (including phenoxy) is 1. The van der Waals surface area contributed by atoms with Gasteiger partial charge in [-0.1, -0.05) is 38.8 Å². The van der Waals surface area contributed by atoms with Crippen LogP contribution >= 0.6 is 0 Å². The Kier molecular flexibility index (Phi) is 4.86. The van der Waals surface area contributed by atoms with Crippen molar-refractivity contribution in [2.45, 2.75) is 45.6 Å². The molecule has 1 aromatic rings. The number of esters is 1. The van der Waals surface area contributed by atoms with Gasteiger partial charge in [0.2, 0.25) is 0 Å². The molecular formula is C17H24FNO2. The molecule has 116 valence electrons. The summed E-state index contributed by atoms with van der Waals surface area (Å²) in [5.74, 6) is -0.133. The molecule has 0 aromatic heterocycles. The lowest BCUT2D eigenvalue weighted by Crippen LogP contribution is -2.56. The molecule has 1 aromatic carbocycles. The summed E-state index contributed by atoms with van der Waals surface area (Å²) in [6, 6.07) is 6.48. The predicted molar refractivity (Wildman–Crippen MR) is 81.6 cm³/mol. The van der Waals surface area contributed by atoms with Crippen LogP contribution < -0.4 is 5.32 Å². The van der Waals surface area contributed by atoms with Crippen LogP contribution in [0, 0.1) is 17.7 Å². The van der Waals surface area contributed by atoms with Crippen LogP contribution in [0.5, 0.6) is 0 Å². The van der Waals surface area contributed by atoms with Gasteiger partial charge in [0.15, 0.2) is 0 Å². The third kappa shape index (κ3) is 3.04. The number of rotatable bonds is 4. The average molecular weight is 293 g/mol. The van der Waals surface area contributed by atoms with Crippen molar-refractivity contribution in [2.75, 3.05) is 11.9 Å². The topological polar surface area (TPSA) is 38.3 Å². The van der Waals surface area contributed by atoms with E-state index in [-0.39, 0.29) is 17.7 Å². The number of hydrogen-bond acceptors (Lipinski definition) is 3. The van der Waals surface area contributed by atoms with E-state index in [1.807, 2.05) is 0 Å². The summed E-state index contributed by atoms with van der Waals surface area (Å²) in [5.41, 5.74) is -0.470. The number of anilines is 1. The van der Waals surface area contributed by atoms with Gasteiger partial charge < -0.3 is 10.1 Å². The molecular weight excluding hydrogens is 269 g/mol. The highest BCUT2D eigenvalue weighted by Gasteiger charge is 2.49. The van der Waals surface area contributed by atoms with Crippen molar-refractivity contribution in [3.63, 3.8) is 0 Å². The Bertz CT molecular complexity index is 505. The van der Waals surface area contributed by atoms with E-state index < -0.39 is 5.54 Å². The zero-order chi connectivity index (χ0) is 15.5. The highest BCUT2D eigenvalue weighted by atomic mass is 19.1. The summed E-state index contributed by atoms with van der Waals surface area (Å²) in [4.78, 5) is 12.6. The van der Waals surface area contributed by atoms with Gasteiger partial charge in [0, 0.05) is 0 Å². The number of benzene rings is 1. The van der Waals surface area contributed by atoms with E-state index >= 15 is 0 Å². The molecule has 1 aliphatic rings. The number of halogens is 1. The standard InChI is InChI=1S/C17H24FNO2/c1-4-21-16(20)17(11-7-8-12(2)13(17)3)19-15-10-6-5-9-14(15)18/h5-6,9-10,12-13,19H,4,7-8,11H2,1-3H3. The molecule has 4 heteroatoms. The van der Waals surface area contributed by atoms with E-state index in [4.69, 9.17) is 4.74 Å². The van der Waals surface area contributed by atoms with Crippen LogP contribution in [0.2, 0.25) is 0 Å². The Hall–Kier alpha value is -1.58. The van der Waals surface area contributed by atoms with Crippen molar-refractivity contribution in [3.05, 3.63) is 30.1 Å². The van der Waals surface area contributed by atoms with E-state index in [9.17, 15) is 9.18 Å². The molecule has 0 saturated heterocycles. The van der Waals surface area contributed by atoms with Gasteiger partial charge in [-0.25, -0.2) is 9.18 Å². The van der Waals surface area contributed by atoms with Crippen molar-refractivity contribution >= 4 is 11.7 Å². The summed E-state index contributed by atoms with van der Waals surface area (Å²) in [7, 11) is 0. The van der Waals surface area contributed by atoms with E-state index in [0.717, 1.165) is 12.8 Å². The number of carbonyl (C=O) groups excluding carboxylic acids is 1. The summed E-state index contributed by atoms with van der Waals surface area (Å²) < 4.78 is 19.3. The molecule has 1 fully saturated rings. The monoisotopic (exact) mass is 293 g/mol. The van der Waals surface area contributed by atoms with E-state index in [1.54, 1.807) is 25.1 Å². The number of nitrogens with one attached hydrogen (secondary N) is 1. The molecule has 0 aliphatic heterocycles. The first kappa shape index (κ1) is 15.8. The van der Waals surface area contributed by atoms with Gasteiger partial charge in [0.1, 0.15) is 11.4 Å². The van der Waals surface area contributed by atoms with Crippen LogP contribution in [0.3, 0.4) is 0 Å². The van der Waals surface area contributed by atoms with Gasteiger partial charge in [0.05, 0.1) is 12.3 Å². The van der Waals surface area contributed by atoms with Crippen LogP contribution in [0.25, 0.3) is 0 Å². The molecule has 1 N–H and O–H groups in total. The number of para-hydroxylation sites is 1. The Morgan fingerprint density at radius 2 is 2.14 bits per heavy atom. The summed E-state index contributed by atoms with van der Waals surface area (Å²) >= 11 is 0. The van der Waals surface area contributed by atoms with Crippen molar-refractivity contribution in [3.8, 4) is 0 Å². The maximum Gasteiger partial charge on any atom is 0.332 e. The second-order valence-corrected chi connectivity index (χ2v) is 5.95. The van der Waals surface area contributed by atoms with Crippen molar-refractivity contribution in [1.29, 1.82) is 0 Å². The Balaban J connectivity index is 2.36. The summed E-state index contributed by atoms with van der Waals surface area (Å²) in [6.07, 6.45) is 2.69. The molecule has 0 amide bonds. The minimum atomic E-state index is -0.837. The molecule has 2 rings (SSSR count). The SMILES string of the molecule is CCOC(=O)C1(Nc2ccccc2F)CCCC(C)C1C. The largest absolute Gasteiger partial charge is 0.464 e. The van der Waals surface area contributed by atoms with Crippen LogP contribution in [0.1, 0.15) is 40.0 Å². The van der Waals surface area contributed by atoms with Gasteiger partial charge in [-0.2, -0.15) is 0 Å². The van der Waals surface area contributed by atoms with Crippen LogP contribution in [0.15, 0.2) is 24.3 Å². The first-order valence-electron chi connectivity index (χ1n) is 7.71. The van der Waals surface area contributed by atoms with E-state index in [0.29, 0.717) is 24.6 Å². The van der Waals surface area contributed by atoms with Gasteiger partial charge in [0.25, 0.3) is 0 Å². The number of carbonyl (C=O) groups is 1. The van der Waals surface area contributed by atoms with Crippen LogP contribution in [-0.2, 0) is 9.53 Å². The fraction of sp³-hybridized carbons (Fsp3) is 0.588. The van der Waals surface area contributed by atoms with Crippen LogP contribution in [0.4, 0.5) is 10.1 Å². The smallest absolute Gasteiger partial charge is 0.332 e. The highest BCUT2D eigenvalue weighted by Crippen LogP contribution is 2.41. The third-order valence-corrected chi connectivity index (χ3v) is 4.73. The Morgan fingerprint density at radius 1 is 1.43 bits per heavy atom. The lowest BCUT2D eigenvalue weighted by atomic mass is 9.68. The molecule has 3 unspecified atom stereocenters. The molecule has 0 radical (unpaired) electrons. The molecule has 0 spiro atoms. The average Bonchev–Trinajstić information content (AvgIpc) is 2.46. The molecule has 1 aliphatic carbocycles. The lowest BCUT2D eigenvalue weighted by Gasteiger charge is -2.44. The molecule has 1 saturated carbocycles. The van der Waals surface area contributed by atoms with Crippen LogP contribution in [-0.4, -0.2) is 18.1 Å². The Morgan fingerprint density at radius 3 is 2.81 bits per heavy atom. The van der Waals surface area contributed by atoms with Crippen molar-refractivity contribution < 1.29 is 13.9 Å². The maximum atomic E-state index is 14.0. The zero-order valence-electron chi connectivity index (χ0n) is 13.0. The predicted octanol–water partition coefficient (Wildman–Crippen LogP) is 4.00. The molecule has 0 heterocycles. The minimum absolute atomic E-state index is 0.0879. The normalized spacial score (nSPS) is 29.0. The van der Waals surface area contributed by atoms with Gasteiger partial charge in [-0.15, -0.1) is 0 Å². The van der Waals surface area contributed by atoms with Crippen molar-refractivity contribution in [1.82, 2.24) is 0 Å². The highest BCUT2D eigenvalue weighted by molar-refractivity contribution is 5.85. The summed E-state index contributed by atoms with van der Waals surface area (Å²) in [6.45, 7) is 6.32. The summed E-state index contributed by atoms with van der Waals surface area (Å²) in [5, 5.41) is 3.18. The van der Waals surface area contributed by atoms with Gasteiger partial charge in [-0.3, -0.25) is 0 Å². The molecule has 0 bridgehead atoms. The van der Waals surface area contributed by atoms with Crippen molar-refractivity contribution in [2.24, 2.45) is 11.8 Å². The fourth-order valence-corrected chi connectivity index (χ4v) is 3.24. The zero-order valence-corrected chi connectivity index (χ0v) is 13.0. The maximum absolute atomic E-state index is 14.0. The Labute approximate surface area is 125 Å². The molecule has 3 nitrogen and oxygen atoms in total. The first-order chi connectivity index (χ1) is 10.0. The lowest BCUT2D eigenvalue weighted by molar-refractivity contribution is -0.152. The van der Waals surface area contributed by atoms with E-state index in [2.05, 4.69) is 19.2 Å².